The van der Waals surface area contributed by atoms with Gasteiger partial charge in [0.05, 0.1) is 0 Å². The number of alkyl halides is 2. The van der Waals surface area contributed by atoms with Gasteiger partial charge in [-0.25, -0.2) is 8.78 Å². The van der Waals surface area contributed by atoms with Crippen molar-refractivity contribution in [3.05, 3.63) is 29.8 Å². The van der Waals surface area contributed by atoms with E-state index in [0.717, 1.165) is 25.9 Å². The third-order valence-corrected chi connectivity index (χ3v) is 3.29. The van der Waals surface area contributed by atoms with E-state index >= 15 is 0 Å². The van der Waals surface area contributed by atoms with Crippen molar-refractivity contribution in [1.29, 1.82) is 0 Å². The number of phenolic OH excluding ortho intramolecular Hbond substituents is 1. The van der Waals surface area contributed by atoms with Crippen LogP contribution in [0.5, 0.6) is 5.75 Å². The van der Waals surface area contributed by atoms with Crippen molar-refractivity contribution in [2.75, 3.05) is 13.1 Å². The predicted octanol–water partition coefficient (Wildman–Crippen LogP) is 2.87. The predicted molar refractivity (Wildman–Crippen MR) is 62.2 cm³/mol. The number of rotatable bonds is 3. The van der Waals surface area contributed by atoms with Crippen LogP contribution in [0.25, 0.3) is 0 Å². The van der Waals surface area contributed by atoms with E-state index in [1.54, 1.807) is 0 Å². The Morgan fingerprint density at radius 2 is 1.76 bits per heavy atom. The Bertz CT molecular complexity index is 358. The lowest BCUT2D eigenvalue weighted by Crippen LogP contribution is -2.30. The Morgan fingerprint density at radius 3 is 2.35 bits per heavy atom. The third-order valence-electron chi connectivity index (χ3n) is 3.29. The molecule has 0 radical (unpaired) electrons. The summed E-state index contributed by atoms with van der Waals surface area (Å²) in [5.74, 6) is -2.69. The van der Waals surface area contributed by atoms with E-state index in [2.05, 4.69) is 5.32 Å². The molecule has 2 nitrogen and oxygen atoms in total. The minimum Gasteiger partial charge on any atom is -0.508 e. The van der Waals surface area contributed by atoms with Gasteiger partial charge in [0, 0.05) is 12.0 Å². The van der Waals surface area contributed by atoms with Crippen LogP contribution in [0.2, 0.25) is 0 Å². The molecule has 1 aromatic rings. The highest BCUT2D eigenvalue weighted by molar-refractivity contribution is 5.28. The molecule has 0 spiro atoms. The van der Waals surface area contributed by atoms with Crippen LogP contribution >= 0.6 is 0 Å². The summed E-state index contributed by atoms with van der Waals surface area (Å²) in [5.41, 5.74) is -0.00571. The first-order chi connectivity index (χ1) is 8.08. The zero-order chi connectivity index (χ0) is 12.3. The van der Waals surface area contributed by atoms with Crippen LogP contribution in [0.4, 0.5) is 8.78 Å². The van der Waals surface area contributed by atoms with Gasteiger partial charge in [-0.1, -0.05) is 0 Å². The molecule has 0 unspecified atom stereocenters. The molecule has 94 valence electrons. The highest BCUT2D eigenvalue weighted by Gasteiger charge is 2.34. The number of nitrogens with one attached hydrogen (secondary N) is 1. The van der Waals surface area contributed by atoms with Crippen molar-refractivity contribution in [3.8, 4) is 5.75 Å². The van der Waals surface area contributed by atoms with Crippen LogP contribution in [0.15, 0.2) is 24.3 Å². The van der Waals surface area contributed by atoms with Crippen molar-refractivity contribution in [1.82, 2.24) is 5.32 Å². The number of benzene rings is 1. The Kier molecular flexibility index (Phi) is 3.62. The lowest BCUT2D eigenvalue weighted by atomic mass is 9.89. The molecular formula is C13H17F2NO. The maximum atomic E-state index is 14.0. The van der Waals surface area contributed by atoms with Crippen molar-refractivity contribution < 1.29 is 13.9 Å². The lowest BCUT2D eigenvalue weighted by molar-refractivity contribution is -0.0326. The van der Waals surface area contributed by atoms with Gasteiger partial charge in [-0.3, -0.25) is 0 Å². The molecule has 0 bridgehead atoms. The number of hydrogen-bond donors (Lipinski definition) is 2. The fourth-order valence-corrected chi connectivity index (χ4v) is 2.27. The van der Waals surface area contributed by atoms with Crippen molar-refractivity contribution in [2.24, 2.45) is 5.92 Å². The molecule has 1 heterocycles. The van der Waals surface area contributed by atoms with E-state index in [0.29, 0.717) is 0 Å². The minimum absolute atomic E-state index is 0.00571. The van der Waals surface area contributed by atoms with Crippen LogP contribution in [0.1, 0.15) is 24.8 Å². The zero-order valence-electron chi connectivity index (χ0n) is 9.63. The molecule has 4 heteroatoms. The van der Waals surface area contributed by atoms with Gasteiger partial charge in [0.2, 0.25) is 0 Å². The maximum Gasteiger partial charge on any atom is 0.273 e. The average Bonchev–Trinajstić information content (AvgIpc) is 2.30. The summed E-state index contributed by atoms with van der Waals surface area (Å²) in [6, 6.07) is 5.23. The van der Waals surface area contributed by atoms with Crippen LogP contribution < -0.4 is 5.32 Å². The Labute approximate surface area is 99.7 Å². The quantitative estimate of drug-likeness (QED) is 0.852. The van der Waals surface area contributed by atoms with Crippen LogP contribution in [0.3, 0.4) is 0 Å². The first-order valence-corrected chi connectivity index (χ1v) is 5.96. The molecule has 0 atom stereocenters. The summed E-state index contributed by atoms with van der Waals surface area (Å²) in [5, 5.41) is 12.3. The van der Waals surface area contributed by atoms with Gasteiger partial charge in [0.25, 0.3) is 5.92 Å². The molecule has 1 saturated heterocycles. The normalized spacial score (nSPS) is 18.2. The molecule has 1 aliphatic heterocycles. The van der Waals surface area contributed by atoms with E-state index < -0.39 is 5.92 Å². The fraction of sp³-hybridized carbons (Fsp3) is 0.538. The van der Waals surface area contributed by atoms with Gasteiger partial charge in [-0.05, 0) is 56.1 Å². The average molecular weight is 241 g/mol. The van der Waals surface area contributed by atoms with E-state index in [1.165, 1.54) is 24.3 Å². The van der Waals surface area contributed by atoms with Crippen LogP contribution in [-0.4, -0.2) is 18.2 Å². The minimum atomic E-state index is -2.80. The molecule has 2 rings (SSSR count). The number of piperidine rings is 1. The monoisotopic (exact) mass is 241 g/mol. The van der Waals surface area contributed by atoms with Gasteiger partial charge < -0.3 is 10.4 Å². The summed E-state index contributed by atoms with van der Waals surface area (Å²) >= 11 is 0. The molecule has 1 aromatic carbocycles. The first kappa shape index (κ1) is 12.3. The summed E-state index contributed by atoms with van der Waals surface area (Å²) in [6.45, 7) is 1.66. The Hall–Kier alpha value is -1.16. The van der Waals surface area contributed by atoms with Gasteiger partial charge >= 0.3 is 0 Å². The van der Waals surface area contributed by atoms with Gasteiger partial charge in [-0.2, -0.15) is 0 Å². The van der Waals surface area contributed by atoms with E-state index in [1.807, 2.05) is 0 Å². The van der Waals surface area contributed by atoms with Crippen molar-refractivity contribution >= 4 is 0 Å². The second kappa shape index (κ2) is 5.00. The Balaban J connectivity index is 2.04. The highest BCUT2D eigenvalue weighted by atomic mass is 19.3. The second-order valence-electron chi connectivity index (χ2n) is 4.65. The van der Waals surface area contributed by atoms with E-state index in [-0.39, 0.29) is 23.7 Å². The van der Waals surface area contributed by atoms with Gasteiger partial charge in [0.1, 0.15) is 5.75 Å². The zero-order valence-corrected chi connectivity index (χ0v) is 9.63. The topological polar surface area (TPSA) is 32.3 Å². The standard InChI is InChI=1S/C13H17F2NO/c14-13(15,9-10-5-7-16-8-6-10)11-1-3-12(17)4-2-11/h1-4,10,16-17H,5-9H2. The molecule has 1 fully saturated rings. The third kappa shape index (κ3) is 3.16. The number of phenols is 1. The Morgan fingerprint density at radius 1 is 1.18 bits per heavy atom. The summed E-state index contributed by atoms with van der Waals surface area (Å²) < 4.78 is 27.9. The van der Waals surface area contributed by atoms with Crippen LogP contribution in [-0.2, 0) is 5.92 Å². The van der Waals surface area contributed by atoms with E-state index in [4.69, 9.17) is 5.11 Å². The smallest absolute Gasteiger partial charge is 0.273 e. The van der Waals surface area contributed by atoms with Crippen LogP contribution in [0, 0.1) is 5.92 Å². The molecule has 17 heavy (non-hydrogen) atoms. The summed E-state index contributed by atoms with van der Waals surface area (Å²) in [7, 11) is 0. The van der Waals surface area contributed by atoms with Gasteiger partial charge in [0.15, 0.2) is 0 Å². The number of halogens is 2. The molecule has 0 amide bonds. The molecule has 0 saturated carbocycles. The SMILES string of the molecule is Oc1ccc(C(F)(F)CC2CCNCC2)cc1. The second-order valence-corrected chi connectivity index (χ2v) is 4.65. The van der Waals surface area contributed by atoms with Gasteiger partial charge in [-0.15, -0.1) is 0 Å². The molecule has 1 aliphatic rings. The summed E-state index contributed by atoms with van der Waals surface area (Å²) in [6.07, 6.45) is 1.53. The maximum absolute atomic E-state index is 14.0. The first-order valence-electron chi connectivity index (χ1n) is 5.96. The van der Waals surface area contributed by atoms with E-state index in [9.17, 15) is 8.78 Å². The molecule has 0 aromatic heterocycles. The molecular weight excluding hydrogens is 224 g/mol. The molecule has 2 N–H and O–H groups in total. The largest absolute Gasteiger partial charge is 0.508 e. The lowest BCUT2D eigenvalue weighted by Gasteiger charge is -2.27. The molecule has 0 aliphatic carbocycles. The van der Waals surface area contributed by atoms with Crippen molar-refractivity contribution in [3.63, 3.8) is 0 Å². The number of aromatic hydroxyl groups is 1. The number of hydrogen-bond acceptors (Lipinski definition) is 2. The fourth-order valence-electron chi connectivity index (χ4n) is 2.27. The van der Waals surface area contributed by atoms with Crippen molar-refractivity contribution in [2.45, 2.75) is 25.2 Å². The highest BCUT2D eigenvalue weighted by Crippen LogP contribution is 2.37. The summed E-state index contributed by atoms with van der Waals surface area (Å²) in [4.78, 5) is 0.